The summed E-state index contributed by atoms with van der Waals surface area (Å²) in [7, 11) is 0. The minimum atomic E-state index is -0.460. The van der Waals surface area contributed by atoms with E-state index in [4.69, 9.17) is 4.74 Å². The average molecular weight is 268 g/mol. The molecule has 0 aromatic rings. The van der Waals surface area contributed by atoms with Crippen molar-refractivity contribution in [2.45, 2.75) is 46.3 Å². The van der Waals surface area contributed by atoms with Crippen LogP contribution in [0.25, 0.3) is 0 Å². The van der Waals surface area contributed by atoms with Crippen LogP contribution in [-0.2, 0) is 9.53 Å². The molecule has 0 radical (unpaired) electrons. The monoisotopic (exact) mass is 268 g/mol. The van der Waals surface area contributed by atoms with Crippen LogP contribution in [0.1, 0.15) is 34.6 Å². The number of rotatable bonds is 2. The zero-order valence-electron chi connectivity index (χ0n) is 12.4. The summed E-state index contributed by atoms with van der Waals surface area (Å²) in [4.78, 5) is 25.5. The van der Waals surface area contributed by atoms with Crippen molar-refractivity contribution in [2.24, 2.45) is 17.8 Å². The van der Waals surface area contributed by atoms with Gasteiger partial charge in [0.25, 0.3) is 0 Å². The molecule has 1 aliphatic carbocycles. The molecule has 0 spiro atoms. The quantitative estimate of drug-likeness (QED) is 0.828. The van der Waals surface area contributed by atoms with Gasteiger partial charge in [-0.15, -0.1) is 0 Å². The third kappa shape index (κ3) is 3.19. The molecule has 2 rings (SSSR count). The first-order valence-corrected chi connectivity index (χ1v) is 6.97. The van der Waals surface area contributed by atoms with Gasteiger partial charge in [-0.25, -0.2) is 4.79 Å². The summed E-state index contributed by atoms with van der Waals surface area (Å²) in [5.74, 6) is 0.882. The fraction of sp³-hybridized carbons (Fsp3) is 0.857. The molecule has 0 bridgehead atoms. The van der Waals surface area contributed by atoms with Crippen molar-refractivity contribution in [3.8, 4) is 0 Å². The number of fused-ring (bicyclic) bond motifs is 1. The predicted molar refractivity (Wildman–Crippen MR) is 71.6 cm³/mol. The van der Waals surface area contributed by atoms with E-state index in [-0.39, 0.29) is 24.0 Å². The van der Waals surface area contributed by atoms with Gasteiger partial charge in [-0.05, 0) is 46.5 Å². The summed E-state index contributed by atoms with van der Waals surface area (Å²) in [6.07, 6.45) is -0.261. The number of carbonyl (C=O) groups excluding carboxylic acids is 2. The Bertz CT molecular complexity index is 375. The maximum atomic E-state index is 11.9. The van der Waals surface area contributed by atoms with Gasteiger partial charge in [-0.1, -0.05) is 0 Å². The smallest absolute Gasteiger partial charge is 0.410 e. The second-order valence-corrected chi connectivity index (χ2v) is 6.90. The van der Waals surface area contributed by atoms with Gasteiger partial charge in [0.05, 0.1) is 0 Å². The van der Waals surface area contributed by atoms with E-state index in [2.05, 4.69) is 5.32 Å². The van der Waals surface area contributed by atoms with Crippen molar-refractivity contribution in [1.82, 2.24) is 10.2 Å². The molecule has 108 valence electrons. The lowest BCUT2D eigenvalue weighted by molar-refractivity contribution is -0.123. The lowest BCUT2D eigenvalue weighted by Gasteiger charge is -2.25. The average Bonchev–Trinajstić information content (AvgIpc) is 2.70. The molecule has 1 unspecified atom stereocenters. The van der Waals surface area contributed by atoms with E-state index in [9.17, 15) is 9.59 Å². The number of amides is 2. The van der Waals surface area contributed by atoms with Gasteiger partial charge < -0.3 is 15.0 Å². The van der Waals surface area contributed by atoms with E-state index < -0.39 is 5.60 Å². The van der Waals surface area contributed by atoms with Crippen LogP contribution in [0.5, 0.6) is 0 Å². The molecule has 5 nitrogen and oxygen atoms in total. The van der Waals surface area contributed by atoms with Gasteiger partial charge in [0, 0.05) is 25.0 Å². The number of nitrogens with one attached hydrogen (secondary N) is 1. The van der Waals surface area contributed by atoms with E-state index in [0.29, 0.717) is 24.9 Å². The van der Waals surface area contributed by atoms with Crippen molar-refractivity contribution in [3.05, 3.63) is 0 Å². The van der Waals surface area contributed by atoms with Crippen LogP contribution in [0.15, 0.2) is 0 Å². The maximum Gasteiger partial charge on any atom is 0.410 e. The molecule has 0 aromatic heterocycles. The van der Waals surface area contributed by atoms with Crippen molar-refractivity contribution < 1.29 is 14.3 Å². The van der Waals surface area contributed by atoms with E-state index in [1.807, 2.05) is 34.6 Å². The summed E-state index contributed by atoms with van der Waals surface area (Å²) in [5.41, 5.74) is -0.460. The van der Waals surface area contributed by atoms with Crippen molar-refractivity contribution >= 4 is 12.0 Å². The molecule has 1 N–H and O–H groups in total. The van der Waals surface area contributed by atoms with Crippen LogP contribution < -0.4 is 5.32 Å². The first kappa shape index (κ1) is 14.2. The van der Waals surface area contributed by atoms with Gasteiger partial charge in [0.15, 0.2) is 0 Å². The number of piperidine rings is 1. The van der Waals surface area contributed by atoms with Crippen LogP contribution >= 0.6 is 0 Å². The molecular weight excluding hydrogens is 244 g/mol. The predicted octanol–water partition coefficient (Wildman–Crippen LogP) is 1.62. The molecule has 2 fully saturated rings. The Labute approximate surface area is 114 Å². The van der Waals surface area contributed by atoms with E-state index in [0.717, 1.165) is 0 Å². The standard InChI is InChI=1S/C14H24N2O3/c1-8(2)15-12(17)11-9-6-16(7-10(9)11)13(18)19-14(3,4)5/h8-11H,6-7H2,1-5H3,(H,15,17)/t9-,10+,11?. The zero-order valence-corrected chi connectivity index (χ0v) is 12.4. The molecule has 0 aromatic carbocycles. The minimum absolute atomic E-state index is 0.0982. The highest BCUT2D eigenvalue weighted by Gasteiger charge is 2.60. The number of hydrogen-bond donors (Lipinski definition) is 1. The largest absolute Gasteiger partial charge is 0.444 e. The van der Waals surface area contributed by atoms with Crippen LogP contribution in [0, 0.1) is 17.8 Å². The van der Waals surface area contributed by atoms with Crippen LogP contribution in [-0.4, -0.2) is 41.6 Å². The summed E-state index contributed by atoms with van der Waals surface area (Å²) >= 11 is 0. The Balaban J connectivity index is 1.80. The van der Waals surface area contributed by atoms with Crippen LogP contribution in [0.3, 0.4) is 0 Å². The normalized spacial score (nSPS) is 29.2. The molecule has 3 atom stereocenters. The molecule has 1 heterocycles. The van der Waals surface area contributed by atoms with Crippen molar-refractivity contribution in [3.63, 3.8) is 0 Å². The van der Waals surface area contributed by atoms with E-state index >= 15 is 0 Å². The number of hydrogen-bond acceptors (Lipinski definition) is 3. The minimum Gasteiger partial charge on any atom is -0.444 e. The number of ether oxygens (including phenoxy) is 1. The van der Waals surface area contributed by atoms with Crippen LogP contribution in [0.2, 0.25) is 0 Å². The SMILES string of the molecule is CC(C)NC(=O)C1[C@H]2CN(C(=O)OC(C)(C)C)C[C@@H]12. The first-order valence-electron chi connectivity index (χ1n) is 6.97. The Morgan fingerprint density at radius 2 is 1.74 bits per heavy atom. The first-order chi connectivity index (χ1) is 8.69. The Morgan fingerprint density at radius 1 is 1.21 bits per heavy atom. The van der Waals surface area contributed by atoms with Gasteiger partial charge in [-0.2, -0.15) is 0 Å². The third-order valence-corrected chi connectivity index (χ3v) is 3.58. The molecule has 1 saturated carbocycles. The van der Waals surface area contributed by atoms with Gasteiger partial charge in [0.1, 0.15) is 5.60 Å². The molecule has 5 heteroatoms. The third-order valence-electron chi connectivity index (χ3n) is 3.58. The van der Waals surface area contributed by atoms with Crippen LogP contribution in [0.4, 0.5) is 4.79 Å². The topological polar surface area (TPSA) is 58.6 Å². The maximum absolute atomic E-state index is 11.9. The van der Waals surface area contributed by atoms with Crippen molar-refractivity contribution in [2.75, 3.05) is 13.1 Å². The number of likely N-dealkylation sites (tertiary alicyclic amines) is 1. The molecule has 1 aliphatic heterocycles. The zero-order chi connectivity index (χ0) is 14.4. The van der Waals surface area contributed by atoms with E-state index in [1.165, 1.54) is 0 Å². The molecular formula is C14H24N2O3. The lowest BCUT2D eigenvalue weighted by atomic mass is 10.2. The second kappa shape index (κ2) is 4.69. The fourth-order valence-electron chi connectivity index (χ4n) is 2.77. The summed E-state index contributed by atoms with van der Waals surface area (Å²) < 4.78 is 5.34. The van der Waals surface area contributed by atoms with Crippen molar-refractivity contribution in [1.29, 1.82) is 0 Å². The molecule has 2 amide bonds. The summed E-state index contributed by atoms with van der Waals surface area (Å²) in [6, 6.07) is 0.177. The Hall–Kier alpha value is -1.26. The summed E-state index contributed by atoms with van der Waals surface area (Å²) in [5, 5.41) is 2.94. The lowest BCUT2D eigenvalue weighted by Crippen LogP contribution is -2.39. The molecule has 1 saturated heterocycles. The van der Waals surface area contributed by atoms with Gasteiger partial charge in [-0.3, -0.25) is 4.79 Å². The Morgan fingerprint density at radius 3 is 2.16 bits per heavy atom. The van der Waals surface area contributed by atoms with E-state index in [1.54, 1.807) is 4.90 Å². The van der Waals surface area contributed by atoms with Gasteiger partial charge >= 0.3 is 6.09 Å². The summed E-state index contributed by atoms with van der Waals surface area (Å²) in [6.45, 7) is 10.8. The number of carbonyl (C=O) groups is 2. The van der Waals surface area contributed by atoms with Gasteiger partial charge in [0.2, 0.25) is 5.91 Å². The second-order valence-electron chi connectivity index (χ2n) is 6.90. The highest BCUT2D eigenvalue weighted by atomic mass is 16.6. The highest BCUT2D eigenvalue weighted by Crippen LogP contribution is 2.52. The molecule has 19 heavy (non-hydrogen) atoms. The molecule has 2 aliphatic rings. The Kier molecular flexibility index (Phi) is 3.49. The fourth-order valence-corrected chi connectivity index (χ4v) is 2.77. The number of nitrogens with zero attached hydrogens (tertiary/aromatic N) is 1. The highest BCUT2D eigenvalue weighted by molar-refractivity contribution is 5.83.